The van der Waals surface area contributed by atoms with Crippen molar-refractivity contribution in [3.63, 3.8) is 0 Å². The molecule has 0 radical (unpaired) electrons. The lowest BCUT2D eigenvalue weighted by atomic mass is 10.1. The molecule has 0 amide bonds. The van der Waals surface area contributed by atoms with Gasteiger partial charge in [0, 0.05) is 25.4 Å². The molecule has 20 heavy (non-hydrogen) atoms. The lowest BCUT2D eigenvalue weighted by Crippen LogP contribution is -2.41. The van der Waals surface area contributed by atoms with Crippen molar-refractivity contribution in [3.05, 3.63) is 12.4 Å². The molecule has 0 saturated carbocycles. The van der Waals surface area contributed by atoms with Crippen LogP contribution in [0.5, 0.6) is 0 Å². The van der Waals surface area contributed by atoms with E-state index < -0.39 is 10.0 Å². The second-order valence-electron chi connectivity index (χ2n) is 5.07. The molecule has 2 unspecified atom stereocenters. The Morgan fingerprint density at radius 1 is 1.55 bits per heavy atom. The Morgan fingerprint density at radius 3 is 3.05 bits per heavy atom. The van der Waals surface area contributed by atoms with Gasteiger partial charge in [-0.25, -0.2) is 13.1 Å². The Morgan fingerprint density at radius 2 is 2.35 bits per heavy atom. The fraction of sp³-hybridized carbons (Fsp3) is 0.750. The van der Waals surface area contributed by atoms with Gasteiger partial charge < -0.3 is 10.1 Å². The minimum Gasteiger partial charge on any atom is -0.378 e. The molecular formula is C12H22N4O3S. The fourth-order valence-corrected chi connectivity index (χ4v) is 3.46. The maximum Gasteiger partial charge on any atom is 0.243 e. The maximum absolute atomic E-state index is 12.3. The molecule has 1 aliphatic rings. The summed E-state index contributed by atoms with van der Waals surface area (Å²) in [4.78, 5) is 0.216. The maximum atomic E-state index is 12.3. The van der Waals surface area contributed by atoms with E-state index in [4.69, 9.17) is 4.74 Å². The average molecular weight is 302 g/mol. The number of sulfonamides is 1. The summed E-state index contributed by atoms with van der Waals surface area (Å²) >= 11 is 0. The molecule has 0 aliphatic carbocycles. The fourth-order valence-electron chi connectivity index (χ4n) is 2.22. The van der Waals surface area contributed by atoms with Gasteiger partial charge in [0.1, 0.15) is 4.90 Å². The van der Waals surface area contributed by atoms with Gasteiger partial charge in [-0.3, -0.25) is 4.68 Å². The van der Waals surface area contributed by atoms with Crippen molar-refractivity contribution < 1.29 is 13.2 Å². The van der Waals surface area contributed by atoms with E-state index in [9.17, 15) is 8.42 Å². The van der Waals surface area contributed by atoms with Crippen molar-refractivity contribution in [2.24, 2.45) is 0 Å². The third-order valence-corrected chi connectivity index (χ3v) is 4.79. The Balaban J connectivity index is 2.00. The van der Waals surface area contributed by atoms with E-state index >= 15 is 0 Å². The highest BCUT2D eigenvalue weighted by Gasteiger charge is 2.25. The largest absolute Gasteiger partial charge is 0.378 e. The molecule has 2 rings (SSSR count). The summed E-state index contributed by atoms with van der Waals surface area (Å²) in [5, 5.41) is 7.06. The minimum absolute atomic E-state index is 0.0654. The molecule has 2 atom stereocenters. The van der Waals surface area contributed by atoms with Crippen LogP contribution in [0.4, 0.5) is 0 Å². The number of hydrogen-bond acceptors (Lipinski definition) is 5. The highest BCUT2D eigenvalue weighted by molar-refractivity contribution is 7.89. The highest BCUT2D eigenvalue weighted by atomic mass is 32.2. The smallest absolute Gasteiger partial charge is 0.243 e. The number of nitrogens with zero attached hydrogens (tertiary/aromatic N) is 2. The zero-order valence-corrected chi connectivity index (χ0v) is 12.7. The normalized spacial score (nSPS) is 23.9. The van der Waals surface area contributed by atoms with Gasteiger partial charge in [-0.05, 0) is 26.8 Å². The van der Waals surface area contributed by atoms with E-state index in [2.05, 4.69) is 15.1 Å². The van der Waals surface area contributed by atoms with Crippen molar-refractivity contribution in [1.82, 2.24) is 19.8 Å². The number of rotatable bonds is 6. The van der Waals surface area contributed by atoms with Crippen LogP contribution in [0.15, 0.2) is 17.3 Å². The third kappa shape index (κ3) is 4.02. The first-order chi connectivity index (χ1) is 9.51. The third-order valence-electron chi connectivity index (χ3n) is 3.32. The highest BCUT2D eigenvalue weighted by Crippen LogP contribution is 2.16. The summed E-state index contributed by atoms with van der Waals surface area (Å²) in [7, 11) is -1.65. The van der Waals surface area contributed by atoms with Gasteiger partial charge >= 0.3 is 0 Å². The van der Waals surface area contributed by atoms with Gasteiger partial charge in [0.25, 0.3) is 0 Å². The summed E-state index contributed by atoms with van der Waals surface area (Å²) in [6.07, 6.45) is 4.45. The van der Waals surface area contributed by atoms with Crippen LogP contribution < -0.4 is 10.0 Å². The van der Waals surface area contributed by atoms with Gasteiger partial charge in [0.05, 0.1) is 18.8 Å². The molecule has 1 fully saturated rings. The van der Waals surface area contributed by atoms with E-state index in [0.717, 1.165) is 6.54 Å². The molecule has 2 N–H and O–H groups in total. The molecule has 7 nitrogen and oxygen atoms in total. The molecule has 1 aromatic rings. The molecular weight excluding hydrogens is 280 g/mol. The van der Waals surface area contributed by atoms with Crippen molar-refractivity contribution in [2.75, 3.05) is 20.2 Å². The summed E-state index contributed by atoms with van der Waals surface area (Å²) in [6.45, 7) is 3.93. The summed E-state index contributed by atoms with van der Waals surface area (Å²) in [5.41, 5.74) is 0. The van der Waals surface area contributed by atoms with Crippen LogP contribution in [0.1, 0.15) is 19.8 Å². The van der Waals surface area contributed by atoms with Gasteiger partial charge in [0.15, 0.2) is 0 Å². The van der Waals surface area contributed by atoms with E-state index in [1.165, 1.54) is 6.20 Å². The first kappa shape index (κ1) is 15.4. The number of hydrogen-bond donors (Lipinski definition) is 2. The van der Waals surface area contributed by atoms with Crippen LogP contribution >= 0.6 is 0 Å². The van der Waals surface area contributed by atoms with Crippen molar-refractivity contribution >= 4 is 10.0 Å². The molecule has 114 valence electrons. The monoisotopic (exact) mass is 302 g/mol. The Labute approximate surface area is 119 Å². The first-order valence-electron chi connectivity index (χ1n) is 6.82. The molecule has 1 aromatic heterocycles. The standard InChI is InChI=1S/C12H22N4O3S/c1-10-7-11(3-6-19-10)15-20(17,18)12-8-14-16(9-12)5-4-13-2/h8-11,13,15H,3-7H2,1-2H3. The molecule has 1 aliphatic heterocycles. The summed E-state index contributed by atoms with van der Waals surface area (Å²) in [6, 6.07) is -0.0654. The van der Waals surface area contributed by atoms with Gasteiger partial charge in [-0.2, -0.15) is 5.10 Å². The SMILES string of the molecule is CNCCn1cc(S(=O)(=O)NC2CCOC(C)C2)cn1. The van der Waals surface area contributed by atoms with Gasteiger partial charge in [0.2, 0.25) is 10.0 Å². The summed E-state index contributed by atoms with van der Waals surface area (Å²) in [5.74, 6) is 0. The average Bonchev–Trinajstić information content (AvgIpc) is 2.85. The van der Waals surface area contributed by atoms with Crippen LogP contribution in [0, 0.1) is 0 Å². The predicted molar refractivity (Wildman–Crippen MR) is 74.9 cm³/mol. The second-order valence-corrected chi connectivity index (χ2v) is 6.78. The van der Waals surface area contributed by atoms with Crippen LogP contribution in [-0.2, 0) is 21.3 Å². The molecule has 8 heteroatoms. The van der Waals surface area contributed by atoms with Crippen molar-refractivity contribution in [2.45, 2.75) is 43.4 Å². The number of nitrogens with one attached hydrogen (secondary N) is 2. The minimum atomic E-state index is -3.50. The van der Waals surface area contributed by atoms with E-state index in [-0.39, 0.29) is 17.0 Å². The Kier molecular flexibility index (Phi) is 5.14. The molecule has 0 spiro atoms. The number of likely N-dealkylation sites (N-methyl/N-ethyl adjacent to an activating group) is 1. The number of ether oxygens (including phenoxy) is 1. The first-order valence-corrected chi connectivity index (χ1v) is 8.30. The van der Waals surface area contributed by atoms with Crippen LogP contribution in [0.3, 0.4) is 0 Å². The van der Waals surface area contributed by atoms with Crippen LogP contribution in [0.25, 0.3) is 0 Å². The molecule has 1 saturated heterocycles. The zero-order valence-electron chi connectivity index (χ0n) is 11.9. The lowest BCUT2D eigenvalue weighted by Gasteiger charge is -2.27. The topological polar surface area (TPSA) is 85.2 Å². The van der Waals surface area contributed by atoms with Crippen LogP contribution in [0.2, 0.25) is 0 Å². The van der Waals surface area contributed by atoms with E-state index in [1.807, 2.05) is 14.0 Å². The molecule has 0 bridgehead atoms. The zero-order chi connectivity index (χ0) is 14.6. The predicted octanol–water partition coefficient (Wildman–Crippen LogP) is -0.0517. The van der Waals surface area contributed by atoms with Gasteiger partial charge in [-0.15, -0.1) is 0 Å². The quantitative estimate of drug-likeness (QED) is 0.769. The Hall–Kier alpha value is -0.960. The summed E-state index contributed by atoms with van der Waals surface area (Å²) < 4.78 is 34.3. The van der Waals surface area contributed by atoms with Crippen molar-refractivity contribution in [1.29, 1.82) is 0 Å². The second kappa shape index (κ2) is 6.66. The van der Waals surface area contributed by atoms with Crippen molar-refractivity contribution in [3.8, 4) is 0 Å². The number of aromatic nitrogens is 2. The van der Waals surface area contributed by atoms with E-state index in [0.29, 0.717) is 26.0 Å². The van der Waals surface area contributed by atoms with Gasteiger partial charge in [-0.1, -0.05) is 0 Å². The molecule has 0 aromatic carbocycles. The molecule has 2 heterocycles. The van der Waals surface area contributed by atoms with Crippen LogP contribution in [-0.4, -0.2) is 50.5 Å². The van der Waals surface area contributed by atoms with E-state index in [1.54, 1.807) is 10.9 Å². The lowest BCUT2D eigenvalue weighted by molar-refractivity contribution is 0.0173. The Bertz CT molecular complexity index is 529.